The molecule has 0 spiro atoms. The van der Waals surface area contributed by atoms with Crippen molar-refractivity contribution in [2.24, 2.45) is 0 Å². The Morgan fingerprint density at radius 3 is 2.10 bits per heavy atom. The first kappa shape index (κ1) is 20.1. The third-order valence-corrected chi connectivity index (χ3v) is 5.96. The Bertz CT molecular complexity index is 1010. The van der Waals surface area contributed by atoms with Crippen LogP contribution in [0.5, 0.6) is 28.7 Å². The van der Waals surface area contributed by atoms with Crippen LogP contribution in [-0.4, -0.2) is 21.3 Å². The van der Waals surface area contributed by atoms with E-state index in [1.807, 2.05) is 24.3 Å². The number of nitrogens with one attached hydrogen (secondary N) is 1. The van der Waals surface area contributed by atoms with Crippen LogP contribution in [0.1, 0.15) is 16.5 Å². The van der Waals surface area contributed by atoms with Gasteiger partial charge in [-0.2, -0.15) is 0 Å². The van der Waals surface area contributed by atoms with Crippen molar-refractivity contribution >= 4 is 17.4 Å². The van der Waals surface area contributed by atoms with Crippen LogP contribution in [0.4, 0.5) is 5.69 Å². The maximum atomic E-state index is 5.54. The van der Waals surface area contributed by atoms with Crippen LogP contribution in [0.15, 0.2) is 59.5 Å². The van der Waals surface area contributed by atoms with Crippen molar-refractivity contribution in [1.82, 2.24) is 0 Å². The Labute approximate surface area is 180 Å². The molecule has 7 heteroatoms. The fraction of sp³-hybridized carbons (Fsp3) is 0.217. The number of anilines is 1. The fourth-order valence-electron chi connectivity index (χ4n) is 3.14. The minimum atomic E-state index is 0.165. The molecule has 0 aliphatic carbocycles. The van der Waals surface area contributed by atoms with Crippen LogP contribution in [-0.2, 0) is 0 Å². The number of fused-ring (bicyclic) bond motifs is 1. The zero-order valence-electron chi connectivity index (χ0n) is 17.2. The van der Waals surface area contributed by atoms with E-state index in [9.17, 15) is 0 Å². The molecule has 1 N–H and O–H groups in total. The van der Waals surface area contributed by atoms with Crippen LogP contribution < -0.4 is 29.3 Å². The minimum Gasteiger partial charge on any atom is -0.496 e. The minimum absolute atomic E-state index is 0.165. The Balaban J connectivity index is 1.45. The quantitative estimate of drug-likeness (QED) is 0.390. The molecule has 6 nitrogen and oxygen atoms in total. The van der Waals surface area contributed by atoms with Gasteiger partial charge in [-0.25, -0.2) is 0 Å². The van der Waals surface area contributed by atoms with Gasteiger partial charge in [0.2, 0.25) is 0 Å². The Kier molecular flexibility index (Phi) is 5.81. The van der Waals surface area contributed by atoms with Gasteiger partial charge in [-0.15, -0.1) is 0 Å². The highest BCUT2D eigenvalue weighted by Crippen LogP contribution is 2.47. The Morgan fingerprint density at radius 1 is 0.767 bits per heavy atom. The molecule has 1 unspecified atom stereocenters. The Morgan fingerprint density at radius 2 is 1.47 bits per heavy atom. The van der Waals surface area contributed by atoms with Crippen molar-refractivity contribution in [3.8, 4) is 28.7 Å². The molecule has 1 atom stereocenters. The van der Waals surface area contributed by atoms with E-state index in [0.717, 1.165) is 11.3 Å². The zero-order chi connectivity index (χ0) is 21.1. The van der Waals surface area contributed by atoms with Crippen molar-refractivity contribution in [1.29, 1.82) is 0 Å². The molecule has 156 valence electrons. The molecule has 0 bridgehead atoms. The second kappa shape index (κ2) is 8.67. The van der Waals surface area contributed by atoms with E-state index >= 15 is 0 Å². The standard InChI is InChI=1S/C23H23NO5S/c1-14-5-10-18-21(11-14)30-23(24-18)15-6-8-16(9-7-15)28-29-22-19(26-3)12-17(25-2)13-20(22)27-4/h5-13,23-24H,1-4H3. The summed E-state index contributed by atoms with van der Waals surface area (Å²) >= 11 is 1.80. The van der Waals surface area contributed by atoms with Gasteiger partial charge in [-0.3, -0.25) is 9.78 Å². The highest BCUT2D eigenvalue weighted by atomic mass is 32.2. The van der Waals surface area contributed by atoms with E-state index in [-0.39, 0.29) is 5.37 Å². The molecule has 3 aromatic rings. The summed E-state index contributed by atoms with van der Waals surface area (Å²) in [5.41, 5.74) is 3.58. The normalized spacial score (nSPS) is 14.5. The van der Waals surface area contributed by atoms with Crippen LogP contribution in [0, 0.1) is 6.92 Å². The number of hydrogen-bond donors (Lipinski definition) is 1. The SMILES string of the molecule is COc1cc(OC)c(OOc2ccc(C3Nc4ccc(C)cc4S3)cc2)c(OC)c1. The molecule has 4 rings (SSSR count). The van der Waals surface area contributed by atoms with Gasteiger partial charge in [0.05, 0.1) is 21.3 Å². The van der Waals surface area contributed by atoms with Gasteiger partial charge >= 0.3 is 0 Å². The van der Waals surface area contributed by atoms with Gasteiger partial charge in [0, 0.05) is 22.7 Å². The van der Waals surface area contributed by atoms with E-state index in [1.165, 1.54) is 10.5 Å². The number of rotatable bonds is 7. The molecule has 0 amide bonds. The number of ether oxygens (including phenoxy) is 3. The molecule has 0 saturated heterocycles. The molecule has 1 aliphatic rings. The second-order valence-electron chi connectivity index (χ2n) is 6.74. The summed E-state index contributed by atoms with van der Waals surface area (Å²) in [4.78, 5) is 12.3. The van der Waals surface area contributed by atoms with Gasteiger partial charge in [0.25, 0.3) is 5.75 Å². The third-order valence-electron chi connectivity index (χ3n) is 4.74. The van der Waals surface area contributed by atoms with Gasteiger partial charge in [0.15, 0.2) is 17.2 Å². The predicted octanol–water partition coefficient (Wildman–Crippen LogP) is 5.61. The number of thioether (sulfide) groups is 1. The van der Waals surface area contributed by atoms with E-state index in [0.29, 0.717) is 28.7 Å². The Hall–Kier alpha value is -3.19. The maximum Gasteiger partial charge on any atom is 0.262 e. The maximum absolute atomic E-state index is 5.54. The molecule has 0 radical (unpaired) electrons. The molecule has 0 saturated carbocycles. The summed E-state index contributed by atoms with van der Waals surface area (Å²) in [5.74, 6) is 2.39. The first-order valence-corrected chi connectivity index (χ1v) is 10.3. The number of hydrogen-bond acceptors (Lipinski definition) is 7. The monoisotopic (exact) mass is 425 g/mol. The molecule has 0 aromatic heterocycles. The molecular formula is C23H23NO5S. The largest absolute Gasteiger partial charge is 0.496 e. The van der Waals surface area contributed by atoms with Gasteiger partial charge in [0.1, 0.15) is 11.1 Å². The second-order valence-corrected chi connectivity index (χ2v) is 7.89. The van der Waals surface area contributed by atoms with Crippen LogP contribution in [0.3, 0.4) is 0 Å². The van der Waals surface area contributed by atoms with Crippen LogP contribution >= 0.6 is 11.8 Å². The summed E-state index contributed by atoms with van der Waals surface area (Å²) in [6.07, 6.45) is 0. The lowest BCUT2D eigenvalue weighted by Gasteiger charge is -2.15. The zero-order valence-corrected chi connectivity index (χ0v) is 18.0. The summed E-state index contributed by atoms with van der Waals surface area (Å²) in [7, 11) is 4.66. The number of benzene rings is 3. The van der Waals surface area contributed by atoms with Gasteiger partial charge in [-0.05, 0) is 42.3 Å². The van der Waals surface area contributed by atoms with Gasteiger partial charge < -0.3 is 19.5 Å². The average molecular weight is 426 g/mol. The number of aryl methyl sites for hydroxylation is 1. The summed E-state index contributed by atoms with van der Waals surface area (Å²) in [6, 6.07) is 17.6. The molecular weight excluding hydrogens is 402 g/mol. The first-order valence-electron chi connectivity index (χ1n) is 9.39. The third kappa shape index (κ3) is 4.07. The molecule has 0 fully saturated rings. The van der Waals surface area contributed by atoms with Crippen molar-refractivity contribution in [2.45, 2.75) is 17.2 Å². The van der Waals surface area contributed by atoms with Crippen molar-refractivity contribution < 1.29 is 24.0 Å². The van der Waals surface area contributed by atoms with Crippen molar-refractivity contribution in [2.75, 3.05) is 26.6 Å². The molecule has 3 aromatic carbocycles. The van der Waals surface area contributed by atoms with E-state index in [4.69, 9.17) is 24.0 Å². The van der Waals surface area contributed by atoms with E-state index in [2.05, 4.69) is 30.4 Å². The number of methoxy groups -OCH3 is 3. The smallest absolute Gasteiger partial charge is 0.262 e. The van der Waals surface area contributed by atoms with Crippen LogP contribution in [0.2, 0.25) is 0 Å². The van der Waals surface area contributed by atoms with Crippen molar-refractivity contribution in [3.63, 3.8) is 0 Å². The van der Waals surface area contributed by atoms with E-state index < -0.39 is 0 Å². The average Bonchev–Trinajstić information content (AvgIpc) is 3.20. The molecule has 30 heavy (non-hydrogen) atoms. The predicted molar refractivity (Wildman–Crippen MR) is 117 cm³/mol. The first-order chi connectivity index (χ1) is 14.6. The summed E-state index contributed by atoms with van der Waals surface area (Å²) in [6.45, 7) is 2.10. The topological polar surface area (TPSA) is 58.2 Å². The lowest BCUT2D eigenvalue weighted by atomic mass is 10.2. The summed E-state index contributed by atoms with van der Waals surface area (Å²) < 4.78 is 16.0. The van der Waals surface area contributed by atoms with Crippen molar-refractivity contribution in [3.05, 3.63) is 65.7 Å². The summed E-state index contributed by atoms with van der Waals surface area (Å²) in [5, 5.41) is 3.71. The highest BCUT2D eigenvalue weighted by molar-refractivity contribution is 8.00. The fourth-order valence-corrected chi connectivity index (χ4v) is 4.38. The van der Waals surface area contributed by atoms with E-state index in [1.54, 1.807) is 45.2 Å². The molecule has 1 heterocycles. The lowest BCUT2D eigenvalue weighted by molar-refractivity contribution is -0.103. The molecule has 1 aliphatic heterocycles. The lowest BCUT2D eigenvalue weighted by Crippen LogP contribution is -2.05. The van der Waals surface area contributed by atoms with Crippen LogP contribution in [0.25, 0.3) is 0 Å². The van der Waals surface area contributed by atoms with Gasteiger partial charge in [-0.1, -0.05) is 30.0 Å². The highest BCUT2D eigenvalue weighted by Gasteiger charge is 2.23.